The number of rotatable bonds is 3. The van der Waals surface area contributed by atoms with Crippen LogP contribution in [0.15, 0.2) is 5.11 Å². The molecule has 0 saturated heterocycles. The third-order valence-corrected chi connectivity index (χ3v) is 0.853. The summed E-state index contributed by atoms with van der Waals surface area (Å²) >= 11 is 0. The second-order valence-electron chi connectivity index (χ2n) is 1.63. The van der Waals surface area contributed by atoms with Gasteiger partial charge in [-0.15, -0.1) is 0 Å². The first-order valence-corrected chi connectivity index (χ1v) is 2.93. The van der Waals surface area contributed by atoms with Crippen LogP contribution < -0.4 is 0 Å². The van der Waals surface area contributed by atoms with E-state index in [1.807, 2.05) is 0 Å². The number of carbonyl (C=O) groups excluding carboxylic acids is 1. The number of hydrogen-bond acceptors (Lipinski definition) is 3. The molecule has 5 nitrogen and oxygen atoms in total. The Morgan fingerprint density at radius 2 is 2.50 bits per heavy atom. The Bertz CT molecular complexity index is 162. The van der Waals surface area contributed by atoms with Gasteiger partial charge in [-0.25, -0.2) is 0 Å². The zero-order valence-corrected chi connectivity index (χ0v) is 5.94. The van der Waals surface area contributed by atoms with E-state index >= 15 is 0 Å². The van der Waals surface area contributed by atoms with Crippen molar-refractivity contribution in [2.45, 2.75) is 19.9 Å². The predicted molar refractivity (Wildman–Crippen MR) is 35.2 cm³/mol. The molecule has 10 heavy (non-hydrogen) atoms. The third kappa shape index (κ3) is 2.94. The summed E-state index contributed by atoms with van der Waals surface area (Å²) in [5.41, 5.74) is 7.90. The summed E-state index contributed by atoms with van der Waals surface area (Å²) in [5, 5.41) is 3.15. The highest BCUT2D eigenvalue weighted by Gasteiger charge is 2.09. The molecule has 0 aliphatic heterocycles. The molecular weight excluding hydrogens is 134 g/mol. The molecule has 0 heterocycles. The highest BCUT2D eigenvalue weighted by molar-refractivity contribution is 5.75. The molecule has 5 heteroatoms. The van der Waals surface area contributed by atoms with Crippen LogP contribution in [0.3, 0.4) is 0 Å². The smallest absolute Gasteiger partial charge is 0.314 e. The van der Waals surface area contributed by atoms with Crippen LogP contribution in [0, 0.1) is 0 Å². The minimum Gasteiger partial charge on any atom is -0.466 e. The Morgan fingerprint density at radius 1 is 1.90 bits per heavy atom. The molecule has 0 aliphatic rings. The monoisotopic (exact) mass is 143 g/mol. The summed E-state index contributed by atoms with van der Waals surface area (Å²) in [7, 11) is 0. The quantitative estimate of drug-likeness (QED) is 0.258. The lowest BCUT2D eigenvalue weighted by atomic mass is 10.4. The van der Waals surface area contributed by atoms with Gasteiger partial charge in [-0.1, -0.05) is 5.11 Å². The average molecular weight is 143 g/mol. The Hall–Kier alpha value is -1.22. The fourth-order valence-corrected chi connectivity index (χ4v) is 0.387. The van der Waals surface area contributed by atoms with Crippen molar-refractivity contribution in [2.75, 3.05) is 6.61 Å². The van der Waals surface area contributed by atoms with Crippen LogP contribution in [-0.4, -0.2) is 18.6 Å². The van der Waals surface area contributed by atoms with E-state index in [1.54, 1.807) is 6.92 Å². The van der Waals surface area contributed by atoms with Gasteiger partial charge in [0.1, 0.15) is 6.04 Å². The maximum absolute atomic E-state index is 10.6. The summed E-state index contributed by atoms with van der Waals surface area (Å²) in [4.78, 5) is 13.1. The highest BCUT2D eigenvalue weighted by Crippen LogP contribution is 1.92. The molecule has 0 saturated carbocycles. The van der Waals surface area contributed by atoms with Gasteiger partial charge in [0, 0.05) is 4.91 Å². The van der Waals surface area contributed by atoms with E-state index in [0.29, 0.717) is 6.61 Å². The summed E-state index contributed by atoms with van der Waals surface area (Å²) in [6.45, 7) is 3.49. The maximum Gasteiger partial charge on any atom is 0.314 e. The SMILES string of the molecule is CCOC(=O)[C@@H](C)N=[N+]=[N-]. The van der Waals surface area contributed by atoms with E-state index in [4.69, 9.17) is 5.53 Å². The number of hydrogen-bond donors (Lipinski definition) is 0. The lowest BCUT2D eigenvalue weighted by Crippen LogP contribution is -2.16. The number of carbonyl (C=O) groups is 1. The normalized spacial score (nSPS) is 11.4. The standard InChI is InChI=1S/C5H9N3O2/c1-3-10-5(9)4(2)7-8-6/h4H,3H2,1-2H3/t4-/m1/s1. The van der Waals surface area contributed by atoms with Crippen molar-refractivity contribution in [3.8, 4) is 0 Å². The molecule has 0 radical (unpaired) electrons. The molecule has 0 amide bonds. The second-order valence-corrected chi connectivity index (χ2v) is 1.63. The van der Waals surface area contributed by atoms with Gasteiger partial charge in [-0.2, -0.15) is 0 Å². The van der Waals surface area contributed by atoms with Gasteiger partial charge < -0.3 is 4.74 Å². The summed E-state index contributed by atoms with van der Waals surface area (Å²) in [6, 6.07) is -0.718. The van der Waals surface area contributed by atoms with E-state index in [0.717, 1.165) is 0 Å². The Kier molecular flexibility index (Phi) is 4.07. The van der Waals surface area contributed by atoms with Gasteiger partial charge in [0.05, 0.1) is 6.61 Å². The molecule has 0 bridgehead atoms. The molecular formula is C5H9N3O2. The second kappa shape index (κ2) is 4.64. The summed E-state index contributed by atoms with van der Waals surface area (Å²) in [6.07, 6.45) is 0. The molecule has 0 aliphatic carbocycles. The number of ether oxygens (including phenoxy) is 1. The van der Waals surface area contributed by atoms with Gasteiger partial charge in [0.2, 0.25) is 0 Å². The topological polar surface area (TPSA) is 75.1 Å². The van der Waals surface area contributed by atoms with Crippen molar-refractivity contribution in [1.29, 1.82) is 0 Å². The van der Waals surface area contributed by atoms with Crippen molar-refractivity contribution in [3.63, 3.8) is 0 Å². The van der Waals surface area contributed by atoms with Crippen LogP contribution in [0.4, 0.5) is 0 Å². The van der Waals surface area contributed by atoms with Crippen molar-refractivity contribution in [3.05, 3.63) is 10.4 Å². The lowest BCUT2D eigenvalue weighted by Gasteiger charge is -2.01. The number of nitrogens with zero attached hydrogens (tertiary/aromatic N) is 3. The Morgan fingerprint density at radius 3 is 2.90 bits per heavy atom. The largest absolute Gasteiger partial charge is 0.466 e. The molecule has 0 aromatic rings. The van der Waals surface area contributed by atoms with Crippen LogP contribution in [0.1, 0.15) is 13.8 Å². The highest BCUT2D eigenvalue weighted by atomic mass is 16.5. The molecule has 0 aromatic heterocycles. The molecule has 1 atom stereocenters. The third-order valence-electron chi connectivity index (χ3n) is 0.853. The molecule has 0 unspecified atom stereocenters. The fourth-order valence-electron chi connectivity index (χ4n) is 0.387. The van der Waals surface area contributed by atoms with E-state index in [-0.39, 0.29) is 0 Å². The zero-order chi connectivity index (χ0) is 7.98. The van der Waals surface area contributed by atoms with Crippen LogP contribution in [-0.2, 0) is 9.53 Å². The van der Waals surface area contributed by atoms with Crippen molar-refractivity contribution in [1.82, 2.24) is 0 Å². The van der Waals surface area contributed by atoms with E-state index < -0.39 is 12.0 Å². The van der Waals surface area contributed by atoms with E-state index in [1.165, 1.54) is 6.92 Å². The van der Waals surface area contributed by atoms with Crippen LogP contribution >= 0.6 is 0 Å². The van der Waals surface area contributed by atoms with Crippen molar-refractivity contribution in [2.24, 2.45) is 5.11 Å². The Labute approximate surface area is 58.6 Å². The zero-order valence-electron chi connectivity index (χ0n) is 5.94. The average Bonchev–Trinajstić information content (AvgIpc) is 1.89. The van der Waals surface area contributed by atoms with E-state index in [2.05, 4.69) is 14.8 Å². The van der Waals surface area contributed by atoms with Crippen molar-refractivity contribution >= 4 is 5.97 Å². The van der Waals surface area contributed by atoms with Gasteiger partial charge >= 0.3 is 5.97 Å². The predicted octanol–water partition coefficient (Wildman–Crippen LogP) is 1.25. The first kappa shape index (κ1) is 8.78. The maximum atomic E-state index is 10.6. The number of azide groups is 1. The van der Waals surface area contributed by atoms with Gasteiger partial charge in [-0.05, 0) is 19.4 Å². The number of esters is 1. The fraction of sp³-hybridized carbons (Fsp3) is 0.800. The first-order valence-electron chi connectivity index (χ1n) is 2.93. The molecule has 0 rings (SSSR count). The molecule has 0 N–H and O–H groups in total. The molecule has 56 valence electrons. The van der Waals surface area contributed by atoms with E-state index in [9.17, 15) is 4.79 Å². The minimum absolute atomic E-state index is 0.310. The molecule has 0 spiro atoms. The summed E-state index contributed by atoms with van der Waals surface area (Å²) in [5.74, 6) is -0.486. The Balaban J connectivity index is 3.81. The van der Waals surface area contributed by atoms with Crippen LogP contribution in [0.5, 0.6) is 0 Å². The van der Waals surface area contributed by atoms with Gasteiger partial charge in [0.25, 0.3) is 0 Å². The van der Waals surface area contributed by atoms with Crippen molar-refractivity contribution < 1.29 is 9.53 Å². The minimum atomic E-state index is -0.718. The van der Waals surface area contributed by atoms with Crippen LogP contribution in [0.25, 0.3) is 10.4 Å². The molecule has 0 aromatic carbocycles. The van der Waals surface area contributed by atoms with Gasteiger partial charge in [0.15, 0.2) is 0 Å². The first-order chi connectivity index (χ1) is 4.72. The van der Waals surface area contributed by atoms with Gasteiger partial charge in [-0.3, -0.25) is 4.79 Å². The summed E-state index contributed by atoms with van der Waals surface area (Å²) < 4.78 is 4.55. The van der Waals surface area contributed by atoms with Crippen LogP contribution in [0.2, 0.25) is 0 Å². The lowest BCUT2D eigenvalue weighted by molar-refractivity contribution is -0.144. The molecule has 0 fully saturated rings.